The van der Waals surface area contributed by atoms with Crippen LogP contribution in [0.1, 0.15) is 0 Å². The van der Waals surface area contributed by atoms with Gasteiger partial charge in [-0.3, -0.25) is 0 Å². The van der Waals surface area contributed by atoms with E-state index in [0.29, 0.717) is 0 Å². The summed E-state index contributed by atoms with van der Waals surface area (Å²) >= 11 is 0. The van der Waals surface area contributed by atoms with Gasteiger partial charge in [-0.05, 0) is 0 Å². The first-order valence-corrected chi connectivity index (χ1v) is 2.78. The molecule has 0 saturated heterocycles. The Morgan fingerprint density at radius 2 is 0.667 bits per heavy atom. The van der Waals surface area contributed by atoms with E-state index in [1.54, 1.807) is 0 Å². The van der Waals surface area contributed by atoms with Crippen LogP contribution in [0.4, 0.5) is 4.79 Å². The van der Waals surface area contributed by atoms with Crippen molar-refractivity contribution in [1.82, 2.24) is 0 Å². The van der Waals surface area contributed by atoms with E-state index >= 15 is 0 Å². The zero-order valence-corrected chi connectivity index (χ0v) is 7.72. The first kappa shape index (κ1) is 31.9. The van der Waals surface area contributed by atoms with Crippen molar-refractivity contribution in [3.05, 3.63) is 52.6 Å². The van der Waals surface area contributed by atoms with Crippen molar-refractivity contribution in [3.8, 4) is 0 Å². The molecule has 0 heterocycles. The molecule has 72 valence electrons. The van der Waals surface area contributed by atoms with E-state index in [4.69, 9.17) is 4.79 Å². The van der Waals surface area contributed by atoms with Crippen molar-refractivity contribution in [3.63, 3.8) is 0 Å². The standard InChI is InChI=1S/4C2H4.CH4N2O/c4*1-2;2-1(3)4/h4*1-2H2;(H4,2,3,4). The maximum absolute atomic E-state index is 9.00. The number of hydrogen-bond donors (Lipinski definition) is 2. The van der Waals surface area contributed by atoms with E-state index in [0.717, 1.165) is 0 Å². The number of rotatable bonds is 0. The smallest absolute Gasteiger partial charge is 0.309 e. The molecule has 0 aromatic carbocycles. The van der Waals surface area contributed by atoms with Crippen LogP contribution in [0.2, 0.25) is 0 Å². The monoisotopic (exact) mass is 172 g/mol. The third-order valence-electron chi connectivity index (χ3n) is 0. The van der Waals surface area contributed by atoms with Gasteiger partial charge in [-0.25, -0.2) is 4.79 Å². The Morgan fingerprint density at radius 1 is 0.667 bits per heavy atom. The molecular formula is C9H20N2O. The number of urea groups is 1. The van der Waals surface area contributed by atoms with E-state index in [-0.39, 0.29) is 0 Å². The van der Waals surface area contributed by atoms with Crippen molar-refractivity contribution in [1.29, 1.82) is 0 Å². The summed E-state index contributed by atoms with van der Waals surface area (Å²) in [5, 5.41) is 0. The highest BCUT2D eigenvalue weighted by atomic mass is 16.2. The maximum Gasteiger partial charge on any atom is 0.309 e. The Labute approximate surface area is 75.8 Å². The predicted octanol–water partition coefficient (Wildman–Crippen LogP) is 2.23. The maximum atomic E-state index is 9.00. The molecule has 0 aromatic heterocycles. The second kappa shape index (κ2) is 413. The second-order valence-corrected chi connectivity index (χ2v) is 0.402. The highest BCUT2D eigenvalue weighted by Gasteiger charge is 1.60. The SMILES string of the molecule is C=C.C=C.C=C.C=C.NC(N)=O. The van der Waals surface area contributed by atoms with E-state index in [9.17, 15) is 0 Å². The number of amides is 2. The molecule has 0 bridgehead atoms. The van der Waals surface area contributed by atoms with Gasteiger partial charge < -0.3 is 11.5 Å². The molecule has 0 aliphatic heterocycles. The van der Waals surface area contributed by atoms with E-state index in [2.05, 4.69) is 64.1 Å². The number of primary amides is 2. The lowest BCUT2D eigenvalue weighted by atomic mass is 11.2. The Bertz CT molecular complexity index is 62.9. The molecule has 3 nitrogen and oxygen atoms in total. The Morgan fingerprint density at radius 3 is 0.667 bits per heavy atom. The molecule has 4 N–H and O–H groups in total. The molecule has 0 rings (SSSR count). The van der Waals surface area contributed by atoms with Crippen LogP contribution >= 0.6 is 0 Å². The van der Waals surface area contributed by atoms with Crippen LogP contribution in [0.3, 0.4) is 0 Å². The highest BCUT2D eigenvalue weighted by Crippen LogP contribution is 1.25. The van der Waals surface area contributed by atoms with Crippen LogP contribution in [0.25, 0.3) is 0 Å². The van der Waals surface area contributed by atoms with Gasteiger partial charge in [0.05, 0.1) is 0 Å². The zero-order chi connectivity index (χ0) is 11.6. The molecule has 2 amide bonds. The van der Waals surface area contributed by atoms with Gasteiger partial charge in [0.2, 0.25) is 0 Å². The van der Waals surface area contributed by atoms with Gasteiger partial charge in [0, 0.05) is 0 Å². The van der Waals surface area contributed by atoms with E-state index in [1.807, 2.05) is 0 Å². The van der Waals surface area contributed by atoms with Crippen molar-refractivity contribution < 1.29 is 4.79 Å². The summed E-state index contributed by atoms with van der Waals surface area (Å²) in [6, 6.07) is -0.833. The van der Waals surface area contributed by atoms with Gasteiger partial charge in [-0.1, -0.05) is 0 Å². The second-order valence-electron chi connectivity index (χ2n) is 0.402. The van der Waals surface area contributed by atoms with Gasteiger partial charge in [0.1, 0.15) is 0 Å². The molecule has 0 saturated carbocycles. The van der Waals surface area contributed by atoms with Gasteiger partial charge in [-0.2, -0.15) is 0 Å². The molecular weight excluding hydrogens is 152 g/mol. The molecule has 0 fully saturated rings. The topological polar surface area (TPSA) is 69.1 Å². The lowest BCUT2D eigenvalue weighted by Crippen LogP contribution is -2.18. The van der Waals surface area contributed by atoms with E-state index in [1.165, 1.54) is 0 Å². The largest absolute Gasteiger partial charge is 0.352 e. The molecule has 3 heteroatoms. The van der Waals surface area contributed by atoms with Crippen LogP contribution in [0.15, 0.2) is 52.6 Å². The minimum absolute atomic E-state index is 0.833. The lowest BCUT2D eigenvalue weighted by Gasteiger charge is -1.62. The quantitative estimate of drug-likeness (QED) is 0.540. The summed E-state index contributed by atoms with van der Waals surface area (Å²) in [5.41, 5.74) is 8.50. The van der Waals surface area contributed by atoms with Crippen LogP contribution in [-0.2, 0) is 0 Å². The summed E-state index contributed by atoms with van der Waals surface area (Å²) in [6.45, 7) is 24.0. The van der Waals surface area contributed by atoms with Gasteiger partial charge >= 0.3 is 6.03 Å². The summed E-state index contributed by atoms with van der Waals surface area (Å²) < 4.78 is 0. The third-order valence-corrected chi connectivity index (χ3v) is 0. The van der Waals surface area contributed by atoms with Crippen LogP contribution in [-0.4, -0.2) is 6.03 Å². The minimum atomic E-state index is -0.833. The number of nitrogens with two attached hydrogens (primary N) is 2. The first-order valence-electron chi connectivity index (χ1n) is 2.78. The lowest BCUT2D eigenvalue weighted by molar-refractivity contribution is 0.256. The molecule has 0 aliphatic carbocycles. The van der Waals surface area contributed by atoms with Crippen molar-refractivity contribution in [2.45, 2.75) is 0 Å². The summed E-state index contributed by atoms with van der Waals surface area (Å²) in [6.07, 6.45) is 0. The third kappa shape index (κ3) is 137. The minimum Gasteiger partial charge on any atom is -0.352 e. The number of carbonyl (C=O) groups is 1. The van der Waals surface area contributed by atoms with Crippen molar-refractivity contribution >= 4 is 6.03 Å². The molecule has 0 unspecified atom stereocenters. The Balaban J connectivity index is -0.0000000181. The van der Waals surface area contributed by atoms with Gasteiger partial charge in [-0.15, -0.1) is 52.6 Å². The molecule has 0 aliphatic rings. The average molecular weight is 172 g/mol. The Hall–Kier alpha value is -1.77. The van der Waals surface area contributed by atoms with Crippen LogP contribution in [0, 0.1) is 0 Å². The molecule has 0 aromatic rings. The fraction of sp³-hybridized carbons (Fsp3) is 0. The fourth-order valence-electron chi connectivity index (χ4n) is 0. The molecule has 0 radical (unpaired) electrons. The Kier molecular flexibility index (Phi) is 1100. The first-order chi connectivity index (χ1) is 5.73. The van der Waals surface area contributed by atoms with Crippen molar-refractivity contribution in [2.75, 3.05) is 0 Å². The average Bonchev–Trinajstić information content (AvgIpc) is 2.16. The number of hydrogen-bond acceptors (Lipinski definition) is 1. The van der Waals surface area contributed by atoms with E-state index < -0.39 is 6.03 Å². The van der Waals surface area contributed by atoms with Crippen molar-refractivity contribution in [2.24, 2.45) is 11.5 Å². The predicted molar refractivity (Wildman–Crippen MR) is 58.8 cm³/mol. The van der Waals surface area contributed by atoms with Crippen LogP contribution < -0.4 is 11.5 Å². The zero-order valence-electron chi connectivity index (χ0n) is 7.72. The van der Waals surface area contributed by atoms with Gasteiger partial charge in [0.25, 0.3) is 0 Å². The summed E-state index contributed by atoms with van der Waals surface area (Å²) in [7, 11) is 0. The number of carbonyl (C=O) groups excluding carboxylic acids is 1. The molecule has 0 spiro atoms. The normalized spacial score (nSPS) is 3.33. The molecule has 12 heavy (non-hydrogen) atoms. The highest BCUT2D eigenvalue weighted by molar-refractivity contribution is 5.69. The summed E-state index contributed by atoms with van der Waals surface area (Å²) in [4.78, 5) is 9.00. The summed E-state index contributed by atoms with van der Waals surface area (Å²) in [5.74, 6) is 0. The van der Waals surface area contributed by atoms with Gasteiger partial charge in [0.15, 0.2) is 0 Å². The molecule has 0 atom stereocenters. The fourth-order valence-corrected chi connectivity index (χ4v) is 0. The van der Waals surface area contributed by atoms with Crippen LogP contribution in [0.5, 0.6) is 0 Å².